The topological polar surface area (TPSA) is 29.9 Å². The highest BCUT2D eigenvalue weighted by atomic mass is 15.3. The van der Waals surface area contributed by atoms with E-state index in [0.717, 1.165) is 6.54 Å². The third kappa shape index (κ3) is 1.04. The first-order chi connectivity index (χ1) is 4.95. The van der Waals surface area contributed by atoms with Crippen molar-refractivity contribution in [2.45, 2.75) is 19.0 Å². The number of nitrogens with one attached hydrogen (secondary N) is 1. The van der Waals surface area contributed by atoms with Gasteiger partial charge in [0.2, 0.25) is 0 Å². The summed E-state index contributed by atoms with van der Waals surface area (Å²) in [5.41, 5.74) is 0. The van der Waals surface area contributed by atoms with E-state index in [0.29, 0.717) is 6.04 Å². The maximum atomic E-state index is 4.11. The van der Waals surface area contributed by atoms with E-state index in [1.54, 1.807) is 0 Å². The largest absolute Gasteiger partial charge is 0.312 e. The van der Waals surface area contributed by atoms with E-state index in [9.17, 15) is 0 Å². The Morgan fingerprint density at radius 3 is 3.10 bits per heavy atom. The Bertz CT molecular complexity index is 189. The minimum atomic E-state index is 0.667. The van der Waals surface area contributed by atoms with Crippen molar-refractivity contribution in [2.24, 2.45) is 0 Å². The molecule has 1 atom stereocenters. The molecule has 0 bridgehead atoms. The van der Waals surface area contributed by atoms with Crippen LogP contribution in [0.25, 0.3) is 0 Å². The first-order valence-electron chi connectivity index (χ1n) is 3.66. The zero-order valence-electron chi connectivity index (χ0n) is 5.83. The first kappa shape index (κ1) is 5.92. The maximum absolute atomic E-state index is 4.11. The van der Waals surface area contributed by atoms with Gasteiger partial charge in [-0.05, 0) is 19.0 Å². The molecule has 0 spiro atoms. The molecule has 0 amide bonds. The van der Waals surface area contributed by atoms with Crippen LogP contribution in [-0.4, -0.2) is 22.4 Å². The molecule has 10 heavy (non-hydrogen) atoms. The lowest BCUT2D eigenvalue weighted by molar-refractivity contribution is 0.319. The fraction of sp³-hybridized carbons (Fsp3) is 0.571. The standard InChI is InChI=1S/C7H11N3/c1-3-9-10(5-1)6-7-2-4-8-7/h1,3,5,7-8H,2,4,6H2/t7-/m1/s1. The molecule has 2 heterocycles. The summed E-state index contributed by atoms with van der Waals surface area (Å²) >= 11 is 0. The van der Waals surface area contributed by atoms with Gasteiger partial charge in [0.1, 0.15) is 0 Å². The van der Waals surface area contributed by atoms with E-state index in [4.69, 9.17) is 0 Å². The molecule has 3 nitrogen and oxygen atoms in total. The Morgan fingerprint density at radius 2 is 2.60 bits per heavy atom. The molecule has 0 saturated carbocycles. The van der Waals surface area contributed by atoms with Gasteiger partial charge in [-0.2, -0.15) is 5.10 Å². The molecule has 0 unspecified atom stereocenters. The van der Waals surface area contributed by atoms with Crippen LogP contribution < -0.4 is 5.32 Å². The lowest BCUT2D eigenvalue weighted by Crippen LogP contribution is -2.45. The summed E-state index contributed by atoms with van der Waals surface area (Å²) < 4.78 is 1.97. The molecule has 0 aromatic carbocycles. The van der Waals surface area contributed by atoms with Crippen LogP contribution in [-0.2, 0) is 6.54 Å². The van der Waals surface area contributed by atoms with E-state index in [1.165, 1.54) is 13.0 Å². The maximum Gasteiger partial charge on any atom is 0.0563 e. The lowest BCUT2D eigenvalue weighted by atomic mass is 10.1. The van der Waals surface area contributed by atoms with Crippen molar-refractivity contribution >= 4 is 0 Å². The average molecular weight is 137 g/mol. The monoisotopic (exact) mass is 137 g/mol. The highest BCUT2D eigenvalue weighted by Crippen LogP contribution is 2.03. The summed E-state index contributed by atoms with van der Waals surface area (Å²) in [5, 5.41) is 7.44. The molecule has 1 aromatic heterocycles. The fourth-order valence-corrected chi connectivity index (χ4v) is 1.14. The molecule has 1 aliphatic rings. The van der Waals surface area contributed by atoms with Crippen molar-refractivity contribution in [1.82, 2.24) is 15.1 Å². The molecule has 54 valence electrons. The molecule has 1 N–H and O–H groups in total. The van der Waals surface area contributed by atoms with Gasteiger partial charge in [-0.1, -0.05) is 0 Å². The van der Waals surface area contributed by atoms with E-state index < -0.39 is 0 Å². The summed E-state index contributed by atoms with van der Waals surface area (Å²) in [6.07, 6.45) is 5.11. The summed E-state index contributed by atoms with van der Waals surface area (Å²) in [6, 6.07) is 2.62. The molecule has 1 saturated heterocycles. The van der Waals surface area contributed by atoms with Gasteiger partial charge in [-0.15, -0.1) is 0 Å². The second-order valence-electron chi connectivity index (χ2n) is 2.67. The van der Waals surface area contributed by atoms with Crippen LogP contribution in [0.4, 0.5) is 0 Å². The minimum absolute atomic E-state index is 0.667. The summed E-state index contributed by atoms with van der Waals surface area (Å²) in [4.78, 5) is 0. The normalized spacial score (nSPS) is 24.2. The molecular weight excluding hydrogens is 126 g/mol. The Hall–Kier alpha value is -0.830. The van der Waals surface area contributed by atoms with Crippen molar-refractivity contribution in [3.05, 3.63) is 18.5 Å². The van der Waals surface area contributed by atoms with Crippen LogP contribution in [0.5, 0.6) is 0 Å². The van der Waals surface area contributed by atoms with Crippen LogP contribution in [0, 0.1) is 0 Å². The van der Waals surface area contributed by atoms with Crippen LogP contribution in [0.1, 0.15) is 6.42 Å². The van der Waals surface area contributed by atoms with Crippen molar-refractivity contribution in [3.63, 3.8) is 0 Å². The second-order valence-corrected chi connectivity index (χ2v) is 2.67. The number of aromatic nitrogens is 2. The number of rotatable bonds is 2. The summed E-state index contributed by atoms with van der Waals surface area (Å²) in [7, 11) is 0. The Morgan fingerprint density at radius 1 is 1.70 bits per heavy atom. The molecule has 1 aliphatic heterocycles. The molecule has 2 rings (SSSR count). The minimum Gasteiger partial charge on any atom is -0.312 e. The zero-order chi connectivity index (χ0) is 6.81. The van der Waals surface area contributed by atoms with Gasteiger partial charge in [-0.25, -0.2) is 0 Å². The molecule has 3 heteroatoms. The van der Waals surface area contributed by atoms with Gasteiger partial charge in [0, 0.05) is 18.4 Å². The lowest BCUT2D eigenvalue weighted by Gasteiger charge is -2.27. The Balaban J connectivity index is 1.90. The van der Waals surface area contributed by atoms with Crippen molar-refractivity contribution in [3.8, 4) is 0 Å². The highest BCUT2D eigenvalue weighted by molar-refractivity contribution is 4.82. The molecule has 1 aromatic rings. The van der Waals surface area contributed by atoms with E-state index in [-0.39, 0.29) is 0 Å². The Kier molecular flexibility index (Phi) is 1.43. The zero-order valence-corrected chi connectivity index (χ0v) is 5.83. The molecular formula is C7H11N3. The van der Waals surface area contributed by atoms with Crippen LogP contribution >= 0.6 is 0 Å². The average Bonchev–Trinajstić information content (AvgIpc) is 2.29. The van der Waals surface area contributed by atoms with Gasteiger partial charge in [-0.3, -0.25) is 4.68 Å². The van der Waals surface area contributed by atoms with Crippen molar-refractivity contribution in [2.75, 3.05) is 6.54 Å². The first-order valence-corrected chi connectivity index (χ1v) is 3.66. The summed E-state index contributed by atoms with van der Waals surface area (Å²) in [6.45, 7) is 2.19. The number of hydrogen-bond donors (Lipinski definition) is 1. The molecule has 1 fully saturated rings. The van der Waals surface area contributed by atoms with E-state index in [2.05, 4.69) is 10.4 Å². The van der Waals surface area contributed by atoms with Gasteiger partial charge >= 0.3 is 0 Å². The smallest absolute Gasteiger partial charge is 0.0563 e. The second kappa shape index (κ2) is 2.42. The summed E-state index contributed by atoms with van der Waals surface area (Å²) in [5.74, 6) is 0. The third-order valence-corrected chi connectivity index (χ3v) is 1.89. The van der Waals surface area contributed by atoms with Gasteiger partial charge < -0.3 is 5.32 Å². The van der Waals surface area contributed by atoms with Gasteiger partial charge in [0.25, 0.3) is 0 Å². The molecule has 0 aliphatic carbocycles. The number of hydrogen-bond acceptors (Lipinski definition) is 2. The highest BCUT2D eigenvalue weighted by Gasteiger charge is 2.15. The van der Waals surface area contributed by atoms with Crippen molar-refractivity contribution in [1.29, 1.82) is 0 Å². The molecule has 0 radical (unpaired) electrons. The SMILES string of the molecule is c1cnn(C[C@H]2CCN2)c1. The van der Waals surface area contributed by atoms with Crippen LogP contribution in [0.2, 0.25) is 0 Å². The third-order valence-electron chi connectivity index (χ3n) is 1.89. The van der Waals surface area contributed by atoms with Gasteiger partial charge in [0.15, 0.2) is 0 Å². The quantitative estimate of drug-likeness (QED) is 0.633. The van der Waals surface area contributed by atoms with E-state index in [1.807, 2.05) is 23.1 Å². The fourth-order valence-electron chi connectivity index (χ4n) is 1.14. The van der Waals surface area contributed by atoms with Crippen LogP contribution in [0.3, 0.4) is 0 Å². The predicted octanol–water partition coefficient (Wildman–Crippen LogP) is 0.245. The predicted molar refractivity (Wildman–Crippen MR) is 38.6 cm³/mol. The number of nitrogens with zero attached hydrogens (tertiary/aromatic N) is 2. The van der Waals surface area contributed by atoms with E-state index >= 15 is 0 Å². The Labute approximate surface area is 60.0 Å². The van der Waals surface area contributed by atoms with Crippen molar-refractivity contribution < 1.29 is 0 Å². The van der Waals surface area contributed by atoms with Gasteiger partial charge in [0.05, 0.1) is 6.54 Å². The van der Waals surface area contributed by atoms with Crippen LogP contribution in [0.15, 0.2) is 18.5 Å².